The van der Waals surface area contributed by atoms with Gasteiger partial charge in [0.25, 0.3) is 0 Å². The van der Waals surface area contributed by atoms with Gasteiger partial charge >= 0.3 is 0 Å². The fourth-order valence-electron chi connectivity index (χ4n) is 7.65. The van der Waals surface area contributed by atoms with Gasteiger partial charge in [-0.2, -0.15) is 0 Å². The van der Waals surface area contributed by atoms with Gasteiger partial charge < -0.3 is 10.2 Å². The van der Waals surface area contributed by atoms with Gasteiger partial charge in [-0.3, -0.25) is 4.79 Å². The SMILES string of the molecule is C[C@]12C[C@@H](CO)C(=O)C[C@@H]1CC[C@@H]1[C@@H]2CC[C@@]2(C)[C@H]1CC[C@]2(C)O. The smallest absolute Gasteiger partial charge is 0.138 e. The Labute approximate surface area is 146 Å². The third-order valence-corrected chi connectivity index (χ3v) is 9.44. The largest absolute Gasteiger partial charge is 0.396 e. The molecular formula is C21H34O3. The van der Waals surface area contributed by atoms with E-state index >= 15 is 0 Å². The first-order chi connectivity index (χ1) is 11.2. The Morgan fingerprint density at radius 2 is 1.75 bits per heavy atom. The van der Waals surface area contributed by atoms with Crippen molar-refractivity contribution < 1.29 is 15.0 Å². The molecule has 4 saturated carbocycles. The summed E-state index contributed by atoms with van der Waals surface area (Å²) in [5, 5.41) is 20.6. The zero-order valence-corrected chi connectivity index (χ0v) is 15.6. The number of rotatable bonds is 1. The molecule has 0 unspecified atom stereocenters. The molecule has 0 amide bonds. The van der Waals surface area contributed by atoms with E-state index in [0.29, 0.717) is 35.9 Å². The van der Waals surface area contributed by atoms with Crippen LogP contribution in [-0.2, 0) is 4.79 Å². The maximum atomic E-state index is 12.3. The summed E-state index contributed by atoms with van der Waals surface area (Å²) in [6.07, 6.45) is 8.37. The normalized spacial score (nSPS) is 57.2. The molecular weight excluding hydrogens is 300 g/mol. The van der Waals surface area contributed by atoms with Crippen LogP contribution in [0.2, 0.25) is 0 Å². The van der Waals surface area contributed by atoms with Crippen molar-refractivity contribution in [2.45, 2.75) is 77.7 Å². The summed E-state index contributed by atoms with van der Waals surface area (Å²) in [6, 6.07) is 0. The molecule has 8 atom stereocenters. The number of carbonyl (C=O) groups excluding carboxylic acids is 1. The van der Waals surface area contributed by atoms with Crippen LogP contribution in [0.25, 0.3) is 0 Å². The van der Waals surface area contributed by atoms with E-state index in [4.69, 9.17) is 0 Å². The van der Waals surface area contributed by atoms with Gasteiger partial charge in [0.1, 0.15) is 5.78 Å². The van der Waals surface area contributed by atoms with Crippen LogP contribution in [0.3, 0.4) is 0 Å². The highest BCUT2D eigenvalue weighted by Crippen LogP contribution is 2.68. The Hall–Kier alpha value is -0.410. The molecule has 2 N–H and O–H groups in total. The van der Waals surface area contributed by atoms with Crippen molar-refractivity contribution in [1.29, 1.82) is 0 Å². The molecule has 136 valence electrons. The van der Waals surface area contributed by atoms with Gasteiger partial charge in [0.05, 0.1) is 12.2 Å². The van der Waals surface area contributed by atoms with Crippen molar-refractivity contribution in [1.82, 2.24) is 0 Å². The number of hydrogen-bond donors (Lipinski definition) is 2. The lowest BCUT2D eigenvalue weighted by molar-refractivity contribution is -0.160. The van der Waals surface area contributed by atoms with Crippen molar-refractivity contribution in [3.63, 3.8) is 0 Å². The third kappa shape index (κ3) is 2.06. The van der Waals surface area contributed by atoms with Crippen molar-refractivity contribution in [3.8, 4) is 0 Å². The number of aliphatic hydroxyl groups is 2. The molecule has 4 aliphatic carbocycles. The first-order valence-corrected chi connectivity index (χ1v) is 10.1. The fourth-order valence-corrected chi connectivity index (χ4v) is 7.65. The molecule has 0 aliphatic heterocycles. The highest BCUT2D eigenvalue weighted by atomic mass is 16.3. The van der Waals surface area contributed by atoms with Crippen LogP contribution < -0.4 is 0 Å². The van der Waals surface area contributed by atoms with Crippen LogP contribution in [-0.4, -0.2) is 28.2 Å². The van der Waals surface area contributed by atoms with Gasteiger partial charge in [-0.25, -0.2) is 0 Å². The molecule has 0 aromatic heterocycles. The maximum Gasteiger partial charge on any atom is 0.138 e. The maximum absolute atomic E-state index is 12.3. The second-order valence-corrected chi connectivity index (χ2v) is 10.2. The molecule has 0 aromatic carbocycles. The minimum absolute atomic E-state index is 0.0222. The molecule has 0 saturated heterocycles. The van der Waals surface area contributed by atoms with Crippen LogP contribution in [0.1, 0.15) is 72.1 Å². The average molecular weight is 335 g/mol. The predicted molar refractivity (Wildman–Crippen MR) is 93.3 cm³/mol. The van der Waals surface area contributed by atoms with Crippen LogP contribution in [0, 0.1) is 40.4 Å². The first kappa shape index (κ1) is 17.0. The number of hydrogen-bond acceptors (Lipinski definition) is 3. The van der Waals surface area contributed by atoms with E-state index < -0.39 is 5.60 Å². The molecule has 0 heterocycles. The van der Waals surface area contributed by atoms with Gasteiger partial charge in [-0.05, 0) is 86.4 Å². The first-order valence-electron chi connectivity index (χ1n) is 10.1. The molecule has 0 bridgehead atoms. The molecule has 4 aliphatic rings. The van der Waals surface area contributed by atoms with Gasteiger partial charge in [0.15, 0.2) is 0 Å². The highest BCUT2D eigenvalue weighted by Gasteiger charge is 2.63. The summed E-state index contributed by atoms with van der Waals surface area (Å²) in [4.78, 5) is 12.3. The molecule has 0 radical (unpaired) electrons. The molecule has 0 aromatic rings. The van der Waals surface area contributed by atoms with Crippen molar-refractivity contribution in [2.24, 2.45) is 40.4 Å². The Kier molecular flexibility index (Phi) is 3.76. The van der Waals surface area contributed by atoms with Crippen LogP contribution in [0.4, 0.5) is 0 Å². The lowest BCUT2D eigenvalue weighted by Crippen LogP contribution is -2.57. The topological polar surface area (TPSA) is 57.5 Å². The van der Waals surface area contributed by atoms with E-state index in [1.54, 1.807) is 0 Å². The predicted octanol–water partition coefficient (Wildman–Crippen LogP) is 3.57. The van der Waals surface area contributed by atoms with Crippen LogP contribution >= 0.6 is 0 Å². The third-order valence-electron chi connectivity index (χ3n) is 9.44. The standard InChI is InChI=1S/C21H34O3/c1-19-11-13(12-22)18(23)10-14(19)4-5-15-16(19)6-8-20(2)17(15)7-9-21(20,3)24/h13-17,22,24H,4-12H2,1-3H3/t13-,14-,15+,16-,17-,19-,20-,21-/m0/s1. The van der Waals surface area contributed by atoms with Crippen LogP contribution in [0.15, 0.2) is 0 Å². The van der Waals surface area contributed by atoms with E-state index in [0.717, 1.165) is 32.1 Å². The molecule has 4 rings (SSSR count). The summed E-state index contributed by atoms with van der Waals surface area (Å²) >= 11 is 0. The lowest BCUT2D eigenvalue weighted by atomic mass is 9.44. The minimum Gasteiger partial charge on any atom is -0.396 e. The molecule has 3 heteroatoms. The summed E-state index contributed by atoms with van der Waals surface area (Å²) in [7, 11) is 0. The van der Waals surface area contributed by atoms with E-state index in [1.807, 2.05) is 0 Å². The number of ketones is 1. The molecule has 0 spiro atoms. The van der Waals surface area contributed by atoms with E-state index in [2.05, 4.69) is 20.8 Å². The molecule has 3 nitrogen and oxygen atoms in total. The van der Waals surface area contributed by atoms with Gasteiger partial charge in [-0.15, -0.1) is 0 Å². The lowest BCUT2D eigenvalue weighted by Gasteiger charge is -2.61. The van der Waals surface area contributed by atoms with E-state index in [1.165, 1.54) is 12.8 Å². The van der Waals surface area contributed by atoms with Gasteiger partial charge in [0, 0.05) is 12.3 Å². The number of fused-ring (bicyclic) bond motifs is 5. The number of Topliss-reactive ketones (excluding diaryl/α,β-unsaturated/α-hetero) is 1. The van der Waals surface area contributed by atoms with Crippen LogP contribution in [0.5, 0.6) is 0 Å². The second-order valence-electron chi connectivity index (χ2n) is 10.2. The summed E-state index contributed by atoms with van der Waals surface area (Å²) in [6.45, 7) is 6.83. The Bertz CT molecular complexity index is 541. The molecule has 24 heavy (non-hydrogen) atoms. The average Bonchev–Trinajstić information content (AvgIpc) is 2.77. The summed E-state index contributed by atoms with van der Waals surface area (Å²) < 4.78 is 0. The number of aliphatic hydroxyl groups excluding tert-OH is 1. The summed E-state index contributed by atoms with van der Waals surface area (Å²) in [5.41, 5.74) is -0.241. The Balaban J connectivity index is 1.65. The minimum atomic E-state index is -0.517. The monoisotopic (exact) mass is 334 g/mol. The fraction of sp³-hybridized carbons (Fsp3) is 0.952. The quantitative estimate of drug-likeness (QED) is 0.771. The van der Waals surface area contributed by atoms with E-state index in [-0.39, 0.29) is 23.4 Å². The Morgan fingerprint density at radius 1 is 1.04 bits per heavy atom. The van der Waals surface area contributed by atoms with Gasteiger partial charge in [0.2, 0.25) is 0 Å². The zero-order valence-electron chi connectivity index (χ0n) is 15.6. The second kappa shape index (κ2) is 5.30. The van der Waals surface area contributed by atoms with Crippen molar-refractivity contribution in [2.75, 3.05) is 6.61 Å². The van der Waals surface area contributed by atoms with E-state index in [9.17, 15) is 15.0 Å². The Morgan fingerprint density at radius 3 is 2.46 bits per heavy atom. The van der Waals surface area contributed by atoms with Crippen molar-refractivity contribution in [3.05, 3.63) is 0 Å². The van der Waals surface area contributed by atoms with Crippen molar-refractivity contribution >= 4 is 5.78 Å². The van der Waals surface area contributed by atoms with Gasteiger partial charge in [-0.1, -0.05) is 13.8 Å². The number of carbonyl (C=O) groups is 1. The zero-order chi connectivity index (χ0) is 17.3. The molecule has 4 fully saturated rings. The highest BCUT2D eigenvalue weighted by molar-refractivity contribution is 5.82. The summed E-state index contributed by atoms with van der Waals surface area (Å²) in [5.74, 6) is 2.68.